The van der Waals surface area contributed by atoms with E-state index in [-0.39, 0.29) is 17.6 Å². The van der Waals surface area contributed by atoms with Crippen molar-refractivity contribution in [3.63, 3.8) is 0 Å². The van der Waals surface area contributed by atoms with E-state index >= 15 is 0 Å². The fraction of sp³-hybridized carbons (Fsp3) is 0.172. The van der Waals surface area contributed by atoms with Crippen molar-refractivity contribution >= 4 is 34.9 Å². The van der Waals surface area contributed by atoms with Gasteiger partial charge in [-0.3, -0.25) is 0 Å². The number of phenols is 1. The number of hydrogen-bond acceptors (Lipinski definition) is 7. The van der Waals surface area contributed by atoms with Crippen LogP contribution in [0.15, 0.2) is 79.1 Å². The molecule has 0 saturated carbocycles. The van der Waals surface area contributed by atoms with Crippen LogP contribution >= 0.6 is 23.2 Å². The van der Waals surface area contributed by atoms with Crippen molar-refractivity contribution in [1.82, 2.24) is 0 Å². The molecule has 8 nitrogen and oxygen atoms in total. The molecule has 4 N–H and O–H groups in total. The quantitative estimate of drug-likeness (QED) is 0.174. The zero-order chi connectivity index (χ0) is 27.1. The van der Waals surface area contributed by atoms with Gasteiger partial charge in [-0.1, -0.05) is 53.5 Å². The molecule has 204 valence electrons. The highest BCUT2D eigenvalue weighted by Gasteiger charge is 2.24. The first-order chi connectivity index (χ1) is 18.4. The minimum absolute atomic E-state index is 0. The van der Waals surface area contributed by atoms with E-state index < -0.39 is 12.1 Å². The van der Waals surface area contributed by atoms with Crippen molar-refractivity contribution in [3.8, 4) is 17.2 Å². The second-order valence-corrected chi connectivity index (χ2v) is 9.22. The van der Waals surface area contributed by atoms with Crippen LogP contribution in [0.1, 0.15) is 33.2 Å². The minimum Gasteiger partial charge on any atom is -0.870 e. The molecule has 1 heterocycles. The number of phenolic OH excluding ortho intramolecular Hbond substituents is 1. The van der Waals surface area contributed by atoms with Crippen LogP contribution in [0.5, 0.6) is 17.2 Å². The summed E-state index contributed by atoms with van der Waals surface area (Å²) < 4.78 is 16.8. The smallest absolute Gasteiger partial charge is 0.338 e. The number of carbonyl (C=O) groups is 1. The van der Waals surface area contributed by atoms with Crippen molar-refractivity contribution in [1.29, 1.82) is 0 Å². The molecule has 0 spiro atoms. The maximum Gasteiger partial charge on any atom is 0.338 e. The lowest BCUT2D eigenvalue weighted by molar-refractivity contribution is -0.377. The zero-order valence-corrected chi connectivity index (χ0v) is 22.8. The van der Waals surface area contributed by atoms with Gasteiger partial charge in [-0.2, -0.15) is 0 Å². The highest BCUT2D eigenvalue weighted by molar-refractivity contribution is 6.35. The number of benzene rings is 3. The van der Waals surface area contributed by atoms with E-state index in [0.717, 1.165) is 5.56 Å². The van der Waals surface area contributed by atoms with E-state index in [0.29, 0.717) is 50.5 Å². The third kappa shape index (κ3) is 7.32. The van der Waals surface area contributed by atoms with Gasteiger partial charge in [0.05, 0.1) is 25.5 Å². The molecular formula is C29H28Cl2N2O6. The standard InChI is InChI=1S/C29H26Cl2N2O5.H2O/c1-36-26-12-11-20(13-28(26)37-2)27(14-21-22(30)16-32-17-23(21)31)38-29(35)19-9-7-18(8-10-19)15-33-24-5-3-4-6-25(24)34;/h3-13,16-17,27,33-34H,14-15H2,1-2H3;1H2/t27-;/m0./s1. The van der Waals surface area contributed by atoms with Gasteiger partial charge in [0, 0.05) is 18.5 Å². The lowest BCUT2D eigenvalue weighted by atomic mass is 10.0. The summed E-state index contributed by atoms with van der Waals surface area (Å²) in [6.45, 7) is 0.475. The maximum atomic E-state index is 13.2. The number of esters is 1. The number of H-pyrrole nitrogens is 1. The Balaban J connectivity index is 0.00000420. The van der Waals surface area contributed by atoms with Crippen molar-refractivity contribution in [2.45, 2.75) is 19.1 Å². The third-order valence-corrected chi connectivity index (χ3v) is 6.67. The number of para-hydroxylation sites is 2. The highest BCUT2D eigenvalue weighted by atomic mass is 35.5. The first-order valence-corrected chi connectivity index (χ1v) is 12.5. The monoisotopic (exact) mass is 570 g/mol. The molecule has 10 heteroatoms. The Morgan fingerprint density at radius 3 is 2.26 bits per heavy atom. The molecule has 1 atom stereocenters. The lowest BCUT2D eigenvalue weighted by Crippen LogP contribution is -2.16. The van der Waals surface area contributed by atoms with Crippen LogP contribution in [-0.2, 0) is 17.7 Å². The van der Waals surface area contributed by atoms with E-state index in [4.69, 9.17) is 37.4 Å². The van der Waals surface area contributed by atoms with E-state index in [9.17, 15) is 9.90 Å². The molecule has 0 aliphatic rings. The summed E-state index contributed by atoms with van der Waals surface area (Å²) >= 11 is 12.8. The number of hydrogen-bond donors (Lipinski definition) is 2. The summed E-state index contributed by atoms with van der Waals surface area (Å²) in [5, 5.41) is 14.0. The first kappa shape index (κ1) is 29.6. The number of nitrogens with one attached hydrogen (secondary N) is 2. The summed E-state index contributed by atoms with van der Waals surface area (Å²) in [4.78, 5) is 16.1. The van der Waals surface area contributed by atoms with Gasteiger partial charge in [-0.25, -0.2) is 9.78 Å². The molecule has 0 bridgehead atoms. The van der Waals surface area contributed by atoms with Crippen molar-refractivity contribution in [3.05, 3.63) is 111 Å². The van der Waals surface area contributed by atoms with Crippen LogP contribution in [-0.4, -0.2) is 30.8 Å². The predicted molar refractivity (Wildman–Crippen MR) is 148 cm³/mol. The molecule has 0 aliphatic heterocycles. The molecule has 0 amide bonds. The Morgan fingerprint density at radius 2 is 1.62 bits per heavy atom. The van der Waals surface area contributed by atoms with E-state index in [1.165, 1.54) is 0 Å². The molecule has 4 rings (SSSR count). The number of carbonyl (C=O) groups excluding carboxylic acids is 1. The number of halogens is 2. The van der Waals surface area contributed by atoms with Gasteiger partial charge in [0.15, 0.2) is 23.9 Å². The molecule has 39 heavy (non-hydrogen) atoms. The van der Waals surface area contributed by atoms with Crippen molar-refractivity contribution in [2.75, 3.05) is 19.5 Å². The second-order valence-electron chi connectivity index (χ2n) is 8.41. The third-order valence-electron chi connectivity index (χ3n) is 5.99. The van der Waals surface area contributed by atoms with Gasteiger partial charge >= 0.3 is 5.97 Å². The minimum atomic E-state index is -0.706. The average Bonchev–Trinajstić information content (AvgIpc) is 2.93. The molecular weight excluding hydrogens is 543 g/mol. The summed E-state index contributed by atoms with van der Waals surface area (Å²) in [5.74, 6) is 0.732. The van der Waals surface area contributed by atoms with Crippen molar-refractivity contribution < 1.29 is 34.6 Å². The highest BCUT2D eigenvalue weighted by Crippen LogP contribution is 2.35. The van der Waals surface area contributed by atoms with E-state index in [2.05, 4.69) is 10.3 Å². The number of aromatic hydroxyl groups is 1. The molecule has 3 aromatic carbocycles. The Kier molecular flexibility index (Phi) is 10.4. The van der Waals surface area contributed by atoms with Gasteiger partial charge in [0.2, 0.25) is 0 Å². The summed E-state index contributed by atoms with van der Waals surface area (Å²) in [6, 6.07) is 19.4. The van der Waals surface area contributed by atoms with Gasteiger partial charge < -0.3 is 30.1 Å². The molecule has 0 radical (unpaired) electrons. The summed E-state index contributed by atoms with van der Waals surface area (Å²) in [5.41, 5.74) is 3.29. The van der Waals surface area contributed by atoms with Crippen molar-refractivity contribution in [2.24, 2.45) is 0 Å². The molecule has 4 aromatic rings. The van der Waals surface area contributed by atoms with Crippen LogP contribution in [0.4, 0.5) is 5.69 Å². The molecule has 0 aliphatic carbocycles. The number of methoxy groups -OCH3 is 2. The number of ether oxygens (including phenoxy) is 3. The van der Waals surface area contributed by atoms with E-state index in [1.807, 2.05) is 24.3 Å². The van der Waals surface area contributed by atoms with Gasteiger partial charge in [0.25, 0.3) is 0 Å². The van der Waals surface area contributed by atoms with Gasteiger partial charge in [-0.15, -0.1) is 0 Å². The van der Waals surface area contributed by atoms with Gasteiger partial charge in [0.1, 0.15) is 21.9 Å². The lowest BCUT2D eigenvalue weighted by Gasteiger charge is -2.20. The molecule has 1 aromatic heterocycles. The fourth-order valence-corrected chi connectivity index (χ4v) is 4.45. The maximum absolute atomic E-state index is 13.2. The molecule has 0 fully saturated rings. The largest absolute Gasteiger partial charge is 0.870 e. The number of pyridine rings is 1. The second kappa shape index (κ2) is 13.7. The van der Waals surface area contributed by atoms with Crippen LogP contribution in [0.2, 0.25) is 10.0 Å². The average molecular weight is 571 g/mol. The molecule has 0 unspecified atom stereocenters. The van der Waals surface area contributed by atoms with Crippen LogP contribution < -0.4 is 19.8 Å². The predicted octanol–water partition coefficient (Wildman–Crippen LogP) is 6.11. The van der Waals surface area contributed by atoms with Crippen LogP contribution in [0.25, 0.3) is 0 Å². The SMILES string of the molecule is COc1ccc([C@H](Cc2c(Cl)c[nH+]cc2Cl)OC(=O)c2ccc(CNc3ccccc3O)cc2)cc1OC.[OH-]. The Labute approximate surface area is 236 Å². The molecule has 0 saturated heterocycles. The number of rotatable bonds is 10. The first-order valence-electron chi connectivity index (χ1n) is 11.8. The number of aromatic nitrogens is 1. The normalized spacial score (nSPS) is 11.2. The van der Waals surface area contributed by atoms with Gasteiger partial charge in [-0.05, 0) is 47.5 Å². The van der Waals surface area contributed by atoms with Crippen LogP contribution in [0, 0.1) is 0 Å². The Hall–Kier alpha value is -3.98. The Bertz CT molecular complexity index is 1400. The fourth-order valence-electron chi connectivity index (χ4n) is 3.91. The topological polar surface area (TPSA) is 121 Å². The van der Waals surface area contributed by atoms with Crippen LogP contribution in [0.3, 0.4) is 0 Å². The summed E-state index contributed by atoms with van der Waals surface area (Å²) in [7, 11) is 3.09. The number of aromatic amines is 1. The Morgan fingerprint density at radius 1 is 0.949 bits per heavy atom. The number of anilines is 1. The zero-order valence-electron chi connectivity index (χ0n) is 21.3. The summed E-state index contributed by atoms with van der Waals surface area (Å²) in [6.07, 6.45) is 2.79. The van der Waals surface area contributed by atoms with E-state index in [1.54, 1.807) is 69.1 Å².